The summed E-state index contributed by atoms with van der Waals surface area (Å²) >= 11 is 0. The van der Waals surface area contributed by atoms with Crippen molar-refractivity contribution in [2.75, 3.05) is 0 Å². The zero-order valence-electron chi connectivity index (χ0n) is 7.73. The third kappa shape index (κ3) is 1.35. The summed E-state index contributed by atoms with van der Waals surface area (Å²) in [5.41, 5.74) is 0. The van der Waals surface area contributed by atoms with E-state index in [1.807, 2.05) is 23.5 Å². The number of aliphatic imine (C=N–C) groups is 2. The molecule has 2 rings (SSSR count). The van der Waals surface area contributed by atoms with Crippen LogP contribution in [-0.2, 0) is 0 Å². The molecule has 0 amide bonds. The highest BCUT2D eigenvalue weighted by atomic mass is 15.3. The molecule has 13 heavy (non-hydrogen) atoms. The van der Waals surface area contributed by atoms with E-state index in [4.69, 9.17) is 0 Å². The highest BCUT2D eigenvalue weighted by molar-refractivity contribution is 5.94. The molecule has 0 bridgehead atoms. The van der Waals surface area contributed by atoms with Crippen LogP contribution in [0.2, 0.25) is 0 Å². The van der Waals surface area contributed by atoms with Crippen LogP contribution >= 0.6 is 0 Å². The minimum atomic E-state index is 0.401. The molecule has 0 saturated heterocycles. The Hall–Kier alpha value is -1.58. The Morgan fingerprint density at radius 3 is 3.08 bits per heavy atom. The fourth-order valence-corrected chi connectivity index (χ4v) is 1.32. The van der Waals surface area contributed by atoms with Crippen molar-refractivity contribution in [2.24, 2.45) is 15.9 Å². The molecule has 68 valence electrons. The molecule has 0 radical (unpaired) electrons. The standard InChI is InChI=1S/C9H12N4/c1-7(2)9-12-6-11-8-5-10-3-4-13(8)9/h3-7,10H,1-2H3. The number of fused-ring (bicyclic) bond motifs is 1. The van der Waals surface area contributed by atoms with Gasteiger partial charge in [0.1, 0.15) is 12.2 Å². The van der Waals surface area contributed by atoms with E-state index in [2.05, 4.69) is 29.1 Å². The van der Waals surface area contributed by atoms with Gasteiger partial charge in [-0.2, -0.15) is 0 Å². The van der Waals surface area contributed by atoms with Gasteiger partial charge in [0.2, 0.25) is 0 Å². The second kappa shape index (κ2) is 3.05. The van der Waals surface area contributed by atoms with Crippen LogP contribution in [-0.4, -0.2) is 17.1 Å². The predicted molar refractivity (Wildman–Crippen MR) is 53.0 cm³/mol. The Bertz CT molecular complexity index is 323. The third-order valence-electron chi connectivity index (χ3n) is 1.92. The van der Waals surface area contributed by atoms with Crippen LogP contribution in [0.5, 0.6) is 0 Å². The van der Waals surface area contributed by atoms with Gasteiger partial charge < -0.3 is 5.32 Å². The van der Waals surface area contributed by atoms with E-state index in [0.717, 1.165) is 11.7 Å². The molecule has 2 heterocycles. The molecule has 4 nitrogen and oxygen atoms in total. The first kappa shape index (κ1) is 8.04. The molecule has 0 aromatic rings. The third-order valence-corrected chi connectivity index (χ3v) is 1.92. The van der Waals surface area contributed by atoms with Crippen LogP contribution in [0.25, 0.3) is 0 Å². The van der Waals surface area contributed by atoms with Crippen molar-refractivity contribution >= 4 is 12.2 Å². The van der Waals surface area contributed by atoms with E-state index >= 15 is 0 Å². The molecule has 1 N–H and O–H groups in total. The van der Waals surface area contributed by atoms with Gasteiger partial charge in [-0.05, 0) is 0 Å². The van der Waals surface area contributed by atoms with Crippen LogP contribution in [0.15, 0.2) is 34.4 Å². The Balaban J connectivity index is 2.33. The zero-order valence-corrected chi connectivity index (χ0v) is 7.73. The fourth-order valence-electron chi connectivity index (χ4n) is 1.32. The number of amidine groups is 1. The predicted octanol–water partition coefficient (Wildman–Crippen LogP) is 1.26. The van der Waals surface area contributed by atoms with Gasteiger partial charge in [-0.15, -0.1) is 0 Å². The van der Waals surface area contributed by atoms with Crippen LogP contribution in [0.3, 0.4) is 0 Å². The average molecular weight is 176 g/mol. The quantitative estimate of drug-likeness (QED) is 0.653. The molecule has 0 saturated carbocycles. The van der Waals surface area contributed by atoms with E-state index in [-0.39, 0.29) is 0 Å². The van der Waals surface area contributed by atoms with E-state index < -0.39 is 0 Å². The van der Waals surface area contributed by atoms with Crippen molar-refractivity contribution in [2.45, 2.75) is 13.8 Å². The Morgan fingerprint density at radius 2 is 2.31 bits per heavy atom. The molecule has 0 unspecified atom stereocenters. The van der Waals surface area contributed by atoms with Gasteiger partial charge in [0, 0.05) is 24.5 Å². The second-order valence-corrected chi connectivity index (χ2v) is 3.24. The molecule has 2 aliphatic rings. The maximum absolute atomic E-state index is 4.24. The topological polar surface area (TPSA) is 40.0 Å². The summed E-state index contributed by atoms with van der Waals surface area (Å²) < 4.78 is 0. The smallest absolute Gasteiger partial charge is 0.156 e. The summed E-state index contributed by atoms with van der Waals surface area (Å²) in [5.74, 6) is 2.32. The fraction of sp³-hybridized carbons (Fsp3) is 0.333. The molecule has 0 fully saturated rings. The monoisotopic (exact) mass is 176 g/mol. The molecule has 0 aromatic heterocycles. The summed E-state index contributed by atoms with van der Waals surface area (Å²) in [6.45, 7) is 4.23. The first-order valence-electron chi connectivity index (χ1n) is 4.31. The van der Waals surface area contributed by atoms with Gasteiger partial charge >= 0.3 is 0 Å². The lowest BCUT2D eigenvalue weighted by Gasteiger charge is -2.28. The zero-order chi connectivity index (χ0) is 9.26. The number of hydrogen-bond acceptors (Lipinski definition) is 4. The summed E-state index contributed by atoms with van der Waals surface area (Å²) in [6, 6.07) is 0. The first-order chi connectivity index (χ1) is 6.29. The summed E-state index contributed by atoms with van der Waals surface area (Å²) in [6.07, 6.45) is 7.25. The SMILES string of the molecule is CC(C)C1=NC=NC2=CNC=CN21. The Kier molecular flexibility index (Phi) is 1.88. The van der Waals surface area contributed by atoms with Crippen molar-refractivity contribution in [1.29, 1.82) is 0 Å². The molecule has 0 aliphatic carbocycles. The van der Waals surface area contributed by atoms with Crippen LogP contribution in [0.1, 0.15) is 13.8 Å². The van der Waals surface area contributed by atoms with Gasteiger partial charge in [-0.25, -0.2) is 9.98 Å². The van der Waals surface area contributed by atoms with Crippen LogP contribution < -0.4 is 5.32 Å². The largest absolute Gasteiger partial charge is 0.363 e. The van der Waals surface area contributed by atoms with Crippen molar-refractivity contribution in [1.82, 2.24) is 10.2 Å². The van der Waals surface area contributed by atoms with E-state index in [1.165, 1.54) is 0 Å². The van der Waals surface area contributed by atoms with E-state index in [9.17, 15) is 0 Å². The van der Waals surface area contributed by atoms with Crippen molar-refractivity contribution in [3.63, 3.8) is 0 Å². The highest BCUT2D eigenvalue weighted by Gasteiger charge is 2.19. The number of rotatable bonds is 1. The van der Waals surface area contributed by atoms with Crippen LogP contribution in [0.4, 0.5) is 0 Å². The maximum Gasteiger partial charge on any atom is 0.156 e. The van der Waals surface area contributed by atoms with Crippen molar-refractivity contribution in [3.8, 4) is 0 Å². The molecule has 4 heteroatoms. The Morgan fingerprint density at radius 1 is 1.46 bits per heavy atom. The van der Waals surface area contributed by atoms with Gasteiger partial charge in [0.15, 0.2) is 5.82 Å². The molecule has 0 atom stereocenters. The maximum atomic E-state index is 4.24. The number of nitrogens with zero attached hydrogens (tertiary/aromatic N) is 3. The highest BCUT2D eigenvalue weighted by Crippen LogP contribution is 2.17. The number of hydrogen-bond donors (Lipinski definition) is 1. The van der Waals surface area contributed by atoms with Crippen molar-refractivity contribution in [3.05, 3.63) is 24.4 Å². The normalized spacial score (nSPS) is 19.5. The minimum Gasteiger partial charge on any atom is -0.363 e. The van der Waals surface area contributed by atoms with Crippen LogP contribution in [0, 0.1) is 5.92 Å². The second-order valence-electron chi connectivity index (χ2n) is 3.24. The summed E-state index contributed by atoms with van der Waals surface area (Å²) in [5, 5.41) is 2.99. The lowest BCUT2D eigenvalue weighted by atomic mass is 10.2. The van der Waals surface area contributed by atoms with E-state index in [0.29, 0.717) is 5.92 Å². The Labute approximate surface area is 77.4 Å². The molecule has 0 spiro atoms. The van der Waals surface area contributed by atoms with Gasteiger partial charge in [0.25, 0.3) is 0 Å². The molecular formula is C9H12N4. The lowest BCUT2D eigenvalue weighted by molar-refractivity contribution is 0.597. The average Bonchev–Trinajstić information content (AvgIpc) is 2.17. The number of nitrogens with one attached hydrogen (secondary N) is 1. The molecule has 0 aromatic carbocycles. The van der Waals surface area contributed by atoms with Gasteiger partial charge in [0.05, 0.1) is 0 Å². The van der Waals surface area contributed by atoms with Gasteiger partial charge in [-0.1, -0.05) is 13.8 Å². The summed E-state index contributed by atoms with van der Waals surface area (Å²) in [4.78, 5) is 10.4. The van der Waals surface area contributed by atoms with Gasteiger partial charge in [-0.3, -0.25) is 4.90 Å². The van der Waals surface area contributed by atoms with Crippen molar-refractivity contribution < 1.29 is 0 Å². The minimum absolute atomic E-state index is 0.401. The summed E-state index contributed by atoms with van der Waals surface area (Å²) in [7, 11) is 0. The first-order valence-corrected chi connectivity index (χ1v) is 4.31. The lowest BCUT2D eigenvalue weighted by Crippen LogP contribution is -2.33. The molecular weight excluding hydrogens is 164 g/mol. The molecule has 2 aliphatic heterocycles. The van der Waals surface area contributed by atoms with E-state index in [1.54, 1.807) is 6.34 Å².